The average molecular weight is 229 g/mol. The zero-order chi connectivity index (χ0) is 8.15. The molecule has 0 amide bonds. The minimum absolute atomic E-state index is 0. The summed E-state index contributed by atoms with van der Waals surface area (Å²) in [7, 11) is -0.790. The fraction of sp³-hybridized carbons (Fsp3) is 1.00. The van der Waals surface area contributed by atoms with Crippen LogP contribution in [0, 0.1) is 0 Å². The molecule has 0 rings (SSSR count). The van der Waals surface area contributed by atoms with E-state index in [-0.39, 0.29) is 51.4 Å². The van der Waals surface area contributed by atoms with Gasteiger partial charge in [-0.05, 0) is 0 Å². The van der Waals surface area contributed by atoms with Gasteiger partial charge in [0, 0.05) is 8.81 Å². The van der Waals surface area contributed by atoms with Gasteiger partial charge in [-0.2, -0.15) is 0 Å². The van der Waals surface area contributed by atoms with Crippen LogP contribution in [0.25, 0.3) is 0 Å². The predicted octanol–water partition coefficient (Wildman–Crippen LogP) is -4.32. The molecule has 0 aromatic heterocycles. The van der Waals surface area contributed by atoms with E-state index in [2.05, 4.69) is 4.67 Å². The maximum absolute atomic E-state index is 10.5. The Hall–Kier alpha value is 2.16. The molecule has 0 fully saturated rings. The molecule has 3 unspecified atom stereocenters. The third kappa shape index (κ3) is 7.24. The van der Waals surface area contributed by atoms with Crippen molar-refractivity contribution in [3.63, 3.8) is 0 Å². The van der Waals surface area contributed by atoms with Crippen LogP contribution in [0.3, 0.4) is 0 Å². The first kappa shape index (κ1) is 15.6. The Bertz CT molecular complexity index is 95.8. The van der Waals surface area contributed by atoms with Gasteiger partial charge in [0.15, 0.2) is 6.29 Å². The van der Waals surface area contributed by atoms with Gasteiger partial charge in [-0.25, -0.2) is 9.93 Å². The SMILES string of the molecule is [K+].[O-]C(POO)C(Cl)C(O)O. The summed E-state index contributed by atoms with van der Waals surface area (Å²) in [6, 6.07) is 0. The van der Waals surface area contributed by atoms with Crippen molar-refractivity contribution in [2.75, 3.05) is 0 Å². The third-order valence-corrected chi connectivity index (χ3v) is 2.11. The quantitative estimate of drug-likeness (QED) is 0.113. The molecule has 0 aromatic rings. The average Bonchev–Trinajstić information content (AvgIpc) is 1.87. The topological polar surface area (TPSA) is 93.0 Å². The molecule has 0 aliphatic rings. The summed E-state index contributed by atoms with van der Waals surface area (Å²) in [6.07, 6.45) is -1.88. The number of aliphatic hydroxyl groups excluding tert-OH is 1. The minimum atomic E-state index is -1.88. The van der Waals surface area contributed by atoms with Crippen molar-refractivity contribution in [3.8, 4) is 0 Å². The number of rotatable bonds is 4. The van der Waals surface area contributed by atoms with Crippen LogP contribution < -0.4 is 56.5 Å². The summed E-state index contributed by atoms with van der Waals surface area (Å²) in [5, 5.41) is 33.6. The molecule has 0 aromatic carbocycles. The monoisotopic (exact) mass is 228 g/mol. The van der Waals surface area contributed by atoms with E-state index in [1.165, 1.54) is 0 Å². The maximum atomic E-state index is 10.5. The molecule has 0 bridgehead atoms. The van der Waals surface area contributed by atoms with Crippen molar-refractivity contribution in [2.45, 2.75) is 17.5 Å². The van der Waals surface area contributed by atoms with Crippen molar-refractivity contribution in [1.29, 1.82) is 0 Å². The van der Waals surface area contributed by atoms with Crippen LogP contribution in [0.2, 0.25) is 0 Å². The molecule has 0 aliphatic carbocycles. The van der Waals surface area contributed by atoms with Crippen molar-refractivity contribution in [1.82, 2.24) is 0 Å². The smallest absolute Gasteiger partial charge is 0.846 e. The maximum Gasteiger partial charge on any atom is 1.00 e. The summed E-state index contributed by atoms with van der Waals surface area (Å²) >= 11 is 5.15. The summed E-state index contributed by atoms with van der Waals surface area (Å²) in [5.41, 5.74) is 0. The third-order valence-electron chi connectivity index (χ3n) is 0.743. The molecule has 3 N–H and O–H groups in total. The molecule has 0 radical (unpaired) electrons. The molecule has 5 nitrogen and oxygen atoms in total. The Morgan fingerprint density at radius 1 is 1.45 bits per heavy atom. The standard InChI is InChI=1S/C3H7ClO5P.K/c4-1(2(5)6)3(7)10-9-8;/h1-3,5-6,8,10H;/q-1;+1. The van der Waals surface area contributed by atoms with E-state index in [4.69, 9.17) is 27.1 Å². The molecule has 0 heterocycles. The molecule has 8 heteroatoms. The van der Waals surface area contributed by atoms with Crippen LogP contribution in [0.5, 0.6) is 0 Å². The number of aliphatic hydroxyl groups is 2. The molecule has 62 valence electrons. The van der Waals surface area contributed by atoms with Crippen LogP contribution in [0.4, 0.5) is 0 Å². The Morgan fingerprint density at radius 2 is 1.91 bits per heavy atom. The number of hydrogen-bond acceptors (Lipinski definition) is 5. The van der Waals surface area contributed by atoms with Gasteiger partial charge in [-0.1, -0.05) is 5.85 Å². The number of hydrogen-bond donors (Lipinski definition) is 3. The Morgan fingerprint density at radius 3 is 2.18 bits per heavy atom. The summed E-state index contributed by atoms with van der Waals surface area (Å²) in [4.78, 5) is 0. The summed E-state index contributed by atoms with van der Waals surface area (Å²) in [6.45, 7) is 0. The first-order valence-electron chi connectivity index (χ1n) is 2.31. The van der Waals surface area contributed by atoms with Gasteiger partial charge in [0.2, 0.25) is 0 Å². The molecular formula is C3H7ClKO5P. The first-order chi connectivity index (χ1) is 4.59. The van der Waals surface area contributed by atoms with Crippen LogP contribution >= 0.6 is 20.4 Å². The van der Waals surface area contributed by atoms with Crippen LogP contribution in [0.15, 0.2) is 0 Å². The van der Waals surface area contributed by atoms with Crippen LogP contribution in [0.1, 0.15) is 0 Å². The first-order valence-corrected chi connectivity index (χ1v) is 3.73. The number of alkyl halides is 1. The van der Waals surface area contributed by atoms with E-state index in [9.17, 15) is 5.11 Å². The van der Waals surface area contributed by atoms with Gasteiger partial charge < -0.3 is 15.3 Å². The number of halogens is 1. The molecule has 0 saturated heterocycles. The van der Waals surface area contributed by atoms with Gasteiger partial charge >= 0.3 is 51.4 Å². The molecule has 0 aliphatic heterocycles. The van der Waals surface area contributed by atoms with Crippen molar-refractivity contribution in [3.05, 3.63) is 0 Å². The van der Waals surface area contributed by atoms with Crippen LogP contribution in [-0.2, 0) is 4.67 Å². The van der Waals surface area contributed by atoms with Crippen molar-refractivity contribution >= 4 is 20.4 Å². The summed E-state index contributed by atoms with van der Waals surface area (Å²) < 4.78 is 3.48. The van der Waals surface area contributed by atoms with Gasteiger partial charge in [-0.3, -0.25) is 0 Å². The van der Waals surface area contributed by atoms with E-state index in [1.54, 1.807) is 0 Å². The molecule has 3 atom stereocenters. The van der Waals surface area contributed by atoms with E-state index < -0.39 is 26.3 Å². The molecular weight excluding hydrogens is 222 g/mol. The normalized spacial score (nSPS) is 16.9. The molecule has 0 spiro atoms. The van der Waals surface area contributed by atoms with Crippen molar-refractivity contribution < 1.29 is 76.6 Å². The molecule has 0 saturated carbocycles. The second kappa shape index (κ2) is 8.74. The Labute approximate surface area is 113 Å². The second-order valence-electron chi connectivity index (χ2n) is 1.49. The largest absolute Gasteiger partial charge is 1.00 e. The second-order valence-corrected chi connectivity index (χ2v) is 2.98. The molecule has 11 heavy (non-hydrogen) atoms. The fourth-order valence-corrected chi connectivity index (χ4v) is 0.834. The van der Waals surface area contributed by atoms with Gasteiger partial charge in [0.25, 0.3) is 0 Å². The summed E-state index contributed by atoms with van der Waals surface area (Å²) in [5.74, 6) is -1.52. The van der Waals surface area contributed by atoms with Crippen LogP contribution in [-0.4, -0.2) is 33.0 Å². The van der Waals surface area contributed by atoms with E-state index >= 15 is 0 Å². The Kier molecular flexibility index (Phi) is 12.4. The minimum Gasteiger partial charge on any atom is -0.846 e. The van der Waals surface area contributed by atoms with Gasteiger partial charge in [-0.15, -0.1) is 11.6 Å². The van der Waals surface area contributed by atoms with E-state index in [1.807, 2.05) is 0 Å². The van der Waals surface area contributed by atoms with E-state index in [0.717, 1.165) is 0 Å². The Balaban J connectivity index is 0. The van der Waals surface area contributed by atoms with E-state index in [0.29, 0.717) is 0 Å². The van der Waals surface area contributed by atoms with Crippen molar-refractivity contribution in [2.24, 2.45) is 0 Å². The zero-order valence-electron chi connectivity index (χ0n) is 5.77. The van der Waals surface area contributed by atoms with Gasteiger partial charge in [0.1, 0.15) is 0 Å². The fourth-order valence-electron chi connectivity index (χ4n) is 0.273. The van der Waals surface area contributed by atoms with Gasteiger partial charge in [0.05, 0.1) is 5.38 Å². The predicted molar refractivity (Wildman–Crippen MR) is 33.7 cm³/mol. The zero-order valence-corrected chi connectivity index (χ0v) is 10.6.